The number of rotatable bonds is 7. The maximum Gasteiger partial charge on any atom is 0.271 e. The van der Waals surface area contributed by atoms with E-state index >= 15 is 0 Å². The molecule has 112 valence electrons. The smallest absolute Gasteiger partial charge is 0.271 e. The fourth-order valence-electron chi connectivity index (χ4n) is 2.13. The molecule has 0 aliphatic heterocycles. The fourth-order valence-corrected chi connectivity index (χ4v) is 2.13. The van der Waals surface area contributed by atoms with Crippen LogP contribution in [0.4, 0.5) is 0 Å². The van der Waals surface area contributed by atoms with Crippen molar-refractivity contribution in [3.05, 3.63) is 42.1 Å². The van der Waals surface area contributed by atoms with E-state index in [9.17, 15) is 4.79 Å². The standard InChI is InChI=1S/C16H21N3O2/c1-19(10-6-3-7-11-20)16(21)15-12-14(17-18-15)13-8-4-2-5-9-13/h2,4-5,8-9,12,20H,3,6-7,10-11H2,1H3,(H,17,18). The molecule has 0 radical (unpaired) electrons. The zero-order chi connectivity index (χ0) is 15.1. The Balaban J connectivity index is 1.95. The first-order chi connectivity index (χ1) is 10.2. The molecule has 2 aromatic rings. The molecule has 0 fully saturated rings. The third-order valence-corrected chi connectivity index (χ3v) is 3.38. The largest absolute Gasteiger partial charge is 0.396 e. The number of carbonyl (C=O) groups is 1. The first kappa shape index (κ1) is 15.3. The van der Waals surface area contributed by atoms with E-state index in [0.717, 1.165) is 30.5 Å². The number of aliphatic hydroxyl groups excluding tert-OH is 1. The van der Waals surface area contributed by atoms with Crippen molar-refractivity contribution in [2.24, 2.45) is 0 Å². The summed E-state index contributed by atoms with van der Waals surface area (Å²) in [4.78, 5) is 13.9. The van der Waals surface area contributed by atoms with Crippen molar-refractivity contribution in [1.29, 1.82) is 0 Å². The van der Waals surface area contributed by atoms with Gasteiger partial charge in [-0.05, 0) is 25.3 Å². The second kappa shape index (κ2) is 7.59. The Morgan fingerprint density at radius 1 is 1.24 bits per heavy atom. The van der Waals surface area contributed by atoms with Crippen LogP contribution >= 0.6 is 0 Å². The van der Waals surface area contributed by atoms with E-state index < -0.39 is 0 Å². The number of aliphatic hydroxyl groups is 1. The van der Waals surface area contributed by atoms with E-state index in [-0.39, 0.29) is 12.5 Å². The number of benzene rings is 1. The Kier molecular flexibility index (Phi) is 5.51. The van der Waals surface area contributed by atoms with Gasteiger partial charge in [-0.25, -0.2) is 0 Å². The molecule has 0 unspecified atom stereocenters. The van der Waals surface area contributed by atoms with Crippen LogP contribution in [0.5, 0.6) is 0 Å². The zero-order valence-electron chi connectivity index (χ0n) is 12.2. The molecule has 2 N–H and O–H groups in total. The quantitative estimate of drug-likeness (QED) is 0.768. The van der Waals surface area contributed by atoms with Gasteiger partial charge in [0.05, 0.1) is 5.69 Å². The lowest BCUT2D eigenvalue weighted by molar-refractivity contribution is 0.0786. The molecular formula is C16H21N3O2. The van der Waals surface area contributed by atoms with Crippen LogP contribution in [0.15, 0.2) is 36.4 Å². The van der Waals surface area contributed by atoms with Gasteiger partial charge in [0.25, 0.3) is 5.91 Å². The molecule has 2 rings (SSSR count). The molecule has 5 heteroatoms. The molecule has 0 atom stereocenters. The topological polar surface area (TPSA) is 69.2 Å². The number of hydrogen-bond acceptors (Lipinski definition) is 3. The summed E-state index contributed by atoms with van der Waals surface area (Å²) in [5.41, 5.74) is 2.25. The van der Waals surface area contributed by atoms with Crippen molar-refractivity contribution >= 4 is 5.91 Å². The van der Waals surface area contributed by atoms with Gasteiger partial charge in [-0.1, -0.05) is 30.3 Å². The lowest BCUT2D eigenvalue weighted by Gasteiger charge is -2.15. The summed E-state index contributed by atoms with van der Waals surface area (Å²) >= 11 is 0. The van der Waals surface area contributed by atoms with Gasteiger partial charge < -0.3 is 10.0 Å². The number of carbonyl (C=O) groups excluding carboxylic acids is 1. The Morgan fingerprint density at radius 3 is 2.71 bits per heavy atom. The van der Waals surface area contributed by atoms with Crippen LogP contribution < -0.4 is 0 Å². The van der Waals surface area contributed by atoms with E-state index in [2.05, 4.69) is 10.2 Å². The molecule has 0 bridgehead atoms. The molecule has 1 amide bonds. The van der Waals surface area contributed by atoms with Crippen molar-refractivity contribution in [2.45, 2.75) is 19.3 Å². The summed E-state index contributed by atoms with van der Waals surface area (Å²) < 4.78 is 0. The highest BCUT2D eigenvalue weighted by Crippen LogP contribution is 2.17. The van der Waals surface area contributed by atoms with Crippen molar-refractivity contribution in [2.75, 3.05) is 20.2 Å². The van der Waals surface area contributed by atoms with Gasteiger partial charge >= 0.3 is 0 Å². The SMILES string of the molecule is CN(CCCCCO)C(=O)c1cc(-c2ccccc2)n[nH]1. The fraction of sp³-hybridized carbons (Fsp3) is 0.375. The molecule has 5 nitrogen and oxygen atoms in total. The van der Waals surface area contributed by atoms with Gasteiger partial charge in [-0.2, -0.15) is 5.10 Å². The van der Waals surface area contributed by atoms with Crippen LogP contribution in [0.3, 0.4) is 0 Å². The normalized spacial score (nSPS) is 10.6. The van der Waals surface area contributed by atoms with Gasteiger partial charge in [-0.3, -0.25) is 9.89 Å². The van der Waals surface area contributed by atoms with Gasteiger partial charge in [0.1, 0.15) is 5.69 Å². The molecule has 0 spiro atoms. The number of H-pyrrole nitrogens is 1. The predicted molar refractivity (Wildman–Crippen MR) is 81.9 cm³/mol. The number of aromatic amines is 1. The Hall–Kier alpha value is -2.14. The van der Waals surface area contributed by atoms with Gasteiger partial charge in [0.15, 0.2) is 0 Å². The Morgan fingerprint density at radius 2 is 2.00 bits per heavy atom. The first-order valence-electron chi connectivity index (χ1n) is 7.19. The lowest BCUT2D eigenvalue weighted by atomic mass is 10.1. The Labute approximate surface area is 124 Å². The highest BCUT2D eigenvalue weighted by molar-refractivity contribution is 5.93. The number of nitrogens with zero attached hydrogens (tertiary/aromatic N) is 2. The van der Waals surface area contributed by atoms with Crippen LogP contribution in [0.2, 0.25) is 0 Å². The second-order valence-electron chi connectivity index (χ2n) is 5.04. The summed E-state index contributed by atoms with van der Waals surface area (Å²) in [6.45, 7) is 0.886. The van der Waals surface area contributed by atoms with E-state index in [1.807, 2.05) is 30.3 Å². The van der Waals surface area contributed by atoms with Crippen molar-refractivity contribution in [1.82, 2.24) is 15.1 Å². The monoisotopic (exact) mass is 287 g/mol. The molecule has 0 saturated heterocycles. The third-order valence-electron chi connectivity index (χ3n) is 3.38. The second-order valence-corrected chi connectivity index (χ2v) is 5.04. The zero-order valence-corrected chi connectivity index (χ0v) is 12.2. The van der Waals surface area contributed by atoms with Crippen LogP contribution in [-0.4, -0.2) is 46.3 Å². The van der Waals surface area contributed by atoms with E-state index in [4.69, 9.17) is 5.11 Å². The molecular weight excluding hydrogens is 266 g/mol. The number of hydrogen-bond donors (Lipinski definition) is 2. The molecule has 1 aromatic heterocycles. The minimum Gasteiger partial charge on any atom is -0.396 e. The van der Waals surface area contributed by atoms with Crippen LogP contribution in [-0.2, 0) is 0 Å². The highest BCUT2D eigenvalue weighted by Gasteiger charge is 2.14. The van der Waals surface area contributed by atoms with Crippen molar-refractivity contribution in [3.8, 4) is 11.3 Å². The van der Waals surface area contributed by atoms with E-state index in [1.165, 1.54) is 0 Å². The number of amides is 1. The van der Waals surface area contributed by atoms with Crippen LogP contribution in [0.1, 0.15) is 29.8 Å². The van der Waals surface area contributed by atoms with E-state index in [1.54, 1.807) is 18.0 Å². The lowest BCUT2D eigenvalue weighted by Crippen LogP contribution is -2.28. The molecule has 0 saturated carbocycles. The molecule has 1 aromatic carbocycles. The van der Waals surface area contributed by atoms with Gasteiger partial charge in [0.2, 0.25) is 0 Å². The van der Waals surface area contributed by atoms with Gasteiger partial charge in [-0.15, -0.1) is 0 Å². The van der Waals surface area contributed by atoms with E-state index in [0.29, 0.717) is 12.2 Å². The summed E-state index contributed by atoms with van der Waals surface area (Å²) in [7, 11) is 1.78. The van der Waals surface area contributed by atoms with Crippen LogP contribution in [0.25, 0.3) is 11.3 Å². The average Bonchev–Trinajstić information content (AvgIpc) is 3.01. The summed E-state index contributed by atoms with van der Waals surface area (Å²) in [5.74, 6) is -0.0614. The Bertz CT molecular complexity index is 566. The maximum absolute atomic E-state index is 12.3. The average molecular weight is 287 g/mol. The molecule has 0 aliphatic rings. The molecule has 1 heterocycles. The van der Waals surface area contributed by atoms with Crippen molar-refractivity contribution in [3.63, 3.8) is 0 Å². The third kappa shape index (κ3) is 4.16. The number of aromatic nitrogens is 2. The molecule has 21 heavy (non-hydrogen) atoms. The predicted octanol–water partition coefficient (Wildman–Crippen LogP) is 2.31. The van der Waals surface area contributed by atoms with Gasteiger partial charge in [0, 0.05) is 25.8 Å². The minimum atomic E-state index is -0.0614. The number of nitrogens with one attached hydrogen (secondary N) is 1. The molecule has 0 aliphatic carbocycles. The summed E-state index contributed by atoms with van der Waals surface area (Å²) in [5, 5.41) is 15.7. The number of unbranched alkanes of at least 4 members (excludes halogenated alkanes) is 2. The summed E-state index contributed by atoms with van der Waals surface area (Å²) in [6.07, 6.45) is 2.60. The first-order valence-corrected chi connectivity index (χ1v) is 7.19. The highest BCUT2D eigenvalue weighted by atomic mass is 16.2. The van der Waals surface area contributed by atoms with Crippen LogP contribution in [0, 0.1) is 0 Å². The minimum absolute atomic E-state index is 0.0614. The maximum atomic E-state index is 12.3. The summed E-state index contributed by atoms with van der Waals surface area (Å²) in [6, 6.07) is 11.5. The van der Waals surface area contributed by atoms with Crippen molar-refractivity contribution < 1.29 is 9.90 Å².